The number of aryl methyl sites for hydroxylation is 1. The summed E-state index contributed by atoms with van der Waals surface area (Å²) in [5.74, 6) is -1.21. The van der Waals surface area contributed by atoms with Gasteiger partial charge in [-0.25, -0.2) is 19.6 Å². The number of amides is 1. The Morgan fingerprint density at radius 2 is 1.92 bits per heavy atom. The lowest BCUT2D eigenvalue weighted by Gasteiger charge is -2.00. The number of aromatic amines is 1. The van der Waals surface area contributed by atoms with Gasteiger partial charge in [-0.05, 0) is 20.8 Å². The van der Waals surface area contributed by atoms with Crippen molar-refractivity contribution in [3.63, 3.8) is 0 Å². The summed E-state index contributed by atoms with van der Waals surface area (Å²) in [4.78, 5) is 46.6. The van der Waals surface area contributed by atoms with E-state index in [2.05, 4.69) is 20.3 Å². The Morgan fingerprint density at radius 3 is 2.62 bits per heavy atom. The molecule has 2 heterocycles. The molecule has 2 rings (SSSR count). The maximum Gasteiger partial charge on any atom is 0.356 e. The number of nitrogens with one attached hydrogen (secondary N) is 2. The molecule has 2 N–H and O–H groups in total. The fourth-order valence-electron chi connectivity index (χ4n) is 1.81. The van der Waals surface area contributed by atoms with E-state index in [4.69, 9.17) is 9.47 Å². The maximum atomic E-state index is 12.0. The number of hydrogen-bond acceptors (Lipinski definition) is 9. The second-order valence-electron chi connectivity index (χ2n) is 4.81. The van der Waals surface area contributed by atoms with Gasteiger partial charge in [0.1, 0.15) is 10.6 Å². The zero-order valence-electron chi connectivity index (χ0n) is 14.5. The fourth-order valence-corrected chi connectivity index (χ4v) is 3.34. The Kier molecular flexibility index (Phi) is 7.16. The molecule has 0 unspecified atom stereocenters. The van der Waals surface area contributed by atoms with Crippen molar-refractivity contribution in [2.24, 2.45) is 0 Å². The molecule has 0 aliphatic carbocycles. The van der Waals surface area contributed by atoms with E-state index in [1.54, 1.807) is 20.8 Å². The van der Waals surface area contributed by atoms with E-state index >= 15 is 0 Å². The molecule has 0 spiro atoms. The van der Waals surface area contributed by atoms with E-state index in [1.165, 1.54) is 6.20 Å². The van der Waals surface area contributed by atoms with Gasteiger partial charge in [0.05, 0.1) is 30.9 Å². The van der Waals surface area contributed by atoms with Gasteiger partial charge < -0.3 is 19.8 Å². The Labute approximate surface area is 157 Å². The van der Waals surface area contributed by atoms with Gasteiger partial charge in [0, 0.05) is 0 Å². The number of ether oxygens (including phenoxy) is 2. The van der Waals surface area contributed by atoms with Crippen LogP contribution in [0.2, 0.25) is 0 Å². The summed E-state index contributed by atoms with van der Waals surface area (Å²) in [6, 6.07) is 0. The van der Waals surface area contributed by atoms with Crippen molar-refractivity contribution >= 4 is 46.1 Å². The molecule has 0 saturated heterocycles. The molecule has 0 fully saturated rings. The molecule has 11 heteroatoms. The fraction of sp³-hybridized carbons (Fsp3) is 0.400. The number of thioether (sulfide) groups is 1. The van der Waals surface area contributed by atoms with E-state index < -0.39 is 11.9 Å². The minimum Gasteiger partial charge on any atom is -0.462 e. The number of imidazole rings is 1. The summed E-state index contributed by atoms with van der Waals surface area (Å²) in [5, 5.41) is 3.37. The van der Waals surface area contributed by atoms with Crippen molar-refractivity contribution < 1.29 is 23.9 Å². The summed E-state index contributed by atoms with van der Waals surface area (Å²) < 4.78 is 9.79. The number of nitrogens with zero attached hydrogens (tertiary/aromatic N) is 2. The highest BCUT2D eigenvalue weighted by molar-refractivity contribution is 7.99. The van der Waals surface area contributed by atoms with Crippen LogP contribution >= 0.6 is 23.1 Å². The standard InChI is InChI=1S/C15H18N4O5S2/c1-4-23-12(21)9-6-16-14(18-9)25-7-10(20)19-15-17-8(3)11(26-15)13(22)24-5-2/h6H,4-5,7H2,1-3H3,(H,16,18)(H,17,19,20). The van der Waals surface area contributed by atoms with E-state index in [0.29, 0.717) is 20.9 Å². The lowest BCUT2D eigenvalue weighted by Crippen LogP contribution is -2.14. The van der Waals surface area contributed by atoms with Gasteiger partial charge >= 0.3 is 11.9 Å². The molecule has 0 radical (unpaired) electrons. The molecule has 2 aromatic heterocycles. The van der Waals surface area contributed by atoms with Crippen molar-refractivity contribution in [1.82, 2.24) is 15.0 Å². The number of rotatable bonds is 8. The molecular formula is C15H18N4O5S2. The normalized spacial score (nSPS) is 10.4. The van der Waals surface area contributed by atoms with Crippen LogP contribution in [0.4, 0.5) is 5.13 Å². The third-order valence-corrected chi connectivity index (χ3v) is 4.83. The predicted molar refractivity (Wildman–Crippen MR) is 96.7 cm³/mol. The first-order valence-electron chi connectivity index (χ1n) is 7.73. The molecule has 0 atom stereocenters. The number of thiazole rings is 1. The van der Waals surface area contributed by atoms with Crippen molar-refractivity contribution in [2.75, 3.05) is 24.3 Å². The van der Waals surface area contributed by atoms with Crippen LogP contribution in [-0.4, -0.2) is 51.8 Å². The van der Waals surface area contributed by atoms with Crippen LogP contribution < -0.4 is 5.32 Å². The number of carbonyl (C=O) groups is 3. The number of H-pyrrole nitrogens is 1. The summed E-state index contributed by atoms with van der Waals surface area (Å²) in [6.45, 7) is 5.64. The zero-order valence-corrected chi connectivity index (χ0v) is 16.1. The summed E-state index contributed by atoms with van der Waals surface area (Å²) in [6.07, 6.45) is 1.36. The lowest BCUT2D eigenvalue weighted by molar-refractivity contribution is -0.113. The van der Waals surface area contributed by atoms with Gasteiger partial charge in [0.2, 0.25) is 5.91 Å². The Morgan fingerprint density at radius 1 is 1.23 bits per heavy atom. The van der Waals surface area contributed by atoms with Gasteiger partial charge in [-0.3, -0.25) is 4.79 Å². The molecule has 0 saturated carbocycles. The van der Waals surface area contributed by atoms with Crippen molar-refractivity contribution in [3.8, 4) is 0 Å². The highest BCUT2D eigenvalue weighted by Crippen LogP contribution is 2.24. The quantitative estimate of drug-likeness (QED) is 0.513. The molecule has 26 heavy (non-hydrogen) atoms. The van der Waals surface area contributed by atoms with E-state index in [-0.39, 0.29) is 30.6 Å². The van der Waals surface area contributed by atoms with Crippen LogP contribution in [0.5, 0.6) is 0 Å². The minimum absolute atomic E-state index is 0.0587. The largest absolute Gasteiger partial charge is 0.462 e. The minimum atomic E-state index is -0.499. The molecule has 0 aromatic carbocycles. The smallest absolute Gasteiger partial charge is 0.356 e. The van der Waals surface area contributed by atoms with Crippen molar-refractivity contribution in [1.29, 1.82) is 0 Å². The predicted octanol–water partition coefficient (Wildman–Crippen LogP) is 2.26. The van der Waals surface area contributed by atoms with E-state index in [9.17, 15) is 14.4 Å². The molecule has 2 aromatic rings. The summed E-state index contributed by atoms with van der Waals surface area (Å²) in [5.41, 5.74) is 0.728. The first-order valence-corrected chi connectivity index (χ1v) is 9.54. The summed E-state index contributed by atoms with van der Waals surface area (Å²) in [7, 11) is 0. The van der Waals surface area contributed by atoms with E-state index in [1.807, 2.05) is 0 Å². The molecule has 9 nitrogen and oxygen atoms in total. The average Bonchev–Trinajstić information content (AvgIpc) is 3.20. The molecule has 140 valence electrons. The second-order valence-corrected chi connectivity index (χ2v) is 6.78. The van der Waals surface area contributed by atoms with Gasteiger partial charge in [0.15, 0.2) is 10.3 Å². The topological polar surface area (TPSA) is 123 Å². The van der Waals surface area contributed by atoms with Crippen LogP contribution in [0.15, 0.2) is 11.4 Å². The van der Waals surface area contributed by atoms with Gasteiger partial charge in [-0.1, -0.05) is 23.1 Å². The average molecular weight is 398 g/mol. The molecular weight excluding hydrogens is 380 g/mol. The van der Waals surface area contributed by atoms with Crippen LogP contribution in [0.25, 0.3) is 0 Å². The molecule has 0 bridgehead atoms. The van der Waals surface area contributed by atoms with Gasteiger partial charge in [0.25, 0.3) is 0 Å². The van der Waals surface area contributed by atoms with Crippen molar-refractivity contribution in [2.45, 2.75) is 25.9 Å². The highest BCUT2D eigenvalue weighted by Gasteiger charge is 2.18. The second kappa shape index (κ2) is 9.34. The molecule has 0 aliphatic heterocycles. The van der Waals surface area contributed by atoms with E-state index in [0.717, 1.165) is 23.1 Å². The van der Waals surface area contributed by atoms with Gasteiger partial charge in [-0.2, -0.15) is 0 Å². The zero-order chi connectivity index (χ0) is 19.1. The van der Waals surface area contributed by atoms with Gasteiger partial charge in [-0.15, -0.1) is 0 Å². The maximum absolute atomic E-state index is 12.0. The van der Waals surface area contributed by atoms with Crippen LogP contribution in [-0.2, 0) is 14.3 Å². The number of esters is 2. The Hall–Kier alpha value is -2.40. The highest BCUT2D eigenvalue weighted by atomic mass is 32.2. The van der Waals surface area contributed by atoms with Crippen molar-refractivity contribution in [3.05, 3.63) is 22.5 Å². The monoisotopic (exact) mass is 398 g/mol. The Balaban J connectivity index is 1.88. The number of hydrogen-bond donors (Lipinski definition) is 2. The van der Waals surface area contributed by atoms with Crippen LogP contribution in [0.3, 0.4) is 0 Å². The SMILES string of the molecule is CCOC(=O)c1cnc(SCC(=O)Nc2nc(C)c(C(=O)OCC)s2)[nH]1. The third kappa shape index (κ3) is 5.30. The lowest BCUT2D eigenvalue weighted by atomic mass is 10.4. The summed E-state index contributed by atoms with van der Waals surface area (Å²) >= 11 is 2.19. The molecule has 0 aliphatic rings. The van der Waals surface area contributed by atoms with Crippen LogP contribution in [0.1, 0.15) is 39.7 Å². The molecule has 1 amide bonds. The number of aromatic nitrogens is 3. The van der Waals surface area contributed by atoms with Crippen LogP contribution in [0, 0.1) is 6.92 Å². The Bertz CT molecular complexity index is 802. The first kappa shape index (κ1) is 19.9. The number of carbonyl (C=O) groups excluding carboxylic acids is 3. The number of anilines is 1. The third-order valence-electron chi connectivity index (χ3n) is 2.89. The first-order chi connectivity index (χ1) is 12.4.